The van der Waals surface area contributed by atoms with Crippen LogP contribution in [0.25, 0.3) is 0 Å². The van der Waals surface area contributed by atoms with Gasteiger partial charge in [-0.15, -0.1) is 0 Å². The van der Waals surface area contributed by atoms with Crippen LogP contribution in [0.5, 0.6) is 0 Å². The van der Waals surface area contributed by atoms with E-state index in [1.165, 1.54) is 0 Å². The van der Waals surface area contributed by atoms with Gasteiger partial charge in [0.1, 0.15) is 6.04 Å². The van der Waals surface area contributed by atoms with Gasteiger partial charge in [-0.3, -0.25) is 4.79 Å². The number of carbonyl (C=O) groups excluding carboxylic acids is 1. The Morgan fingerprint density at radius 2 is 2.25 bits per heavy atom. The lowest BCUT2D eigenvalue weighted by molar-refractivity contribution is -0.142. The fourth-order valence-electron chi connectivity index (χ4n) is 1.87. The molecule has 4 heteroatoms. The number of amides is 1. The topological polar surface area (TPSA) is 66.4 Å². The van der Waals surface area contributed by atoms with E-state index in [1.54, 1.807) is 0 Å². The van der Waals surface area contributed by atoms with Gasteiger partial charge < -0.3 is 10.4 Å². The van der Waals surface area contributed by atoms with E-state index in [0.717, 1.165) is 25.7 Å². The minimum atomic E-state index is -0.943. The average molecular weight is 225 g/mol. The zero-order valence-corrected chi connectivity index (χ0v) is 9.61. The Hall–Kier alpha value is -1.32. The first kappa shape index (κ1) is 12.7. The minimum Gasteiger partial charge on any atom is -0.480 e. The standard InChI is InChI=1S/C12H19NO3/c1-2-6-10(12(15)16)13-11(14)9-7-4-3-5-8-9/h3-4,9-10H,2,5-8H2,1H3,(H,13,14)(H,15,16)/t9?,10-/m1/s1. The van der Waals surface area contributed by atoms with Gasteiger partial charge in [-0.25, -0.2) is 4.79 Å². The van der Waals surface area contributed by atoms with E-state index in [1.807, 2.05) is 13.0 Å². The number of carboxylic acid groups (broad SMARTS) is 1. The number of carboxylic acids is 1. The van der Waals surface area contributed by atoms with Crippen molar-refractivity contribution in [2.24, 2.45) is 5.92 Å². The van der Waals surface area contributed by atoms with Crippen LogP contribution in [0.3, 0.4) is 0 Å². The third-order valence-electron chi connectivity index (χ3n) is 2.83. The van der Waals surface area contributed by atoms with E-state index in [2.05, 4.69) is 11.4 Å². The fourth-order valence-corrected chi connectivity index (χ4v) is 1.87. The second-order valence-corrected chi connectivity index (χ2v) is 4.17. The molecular weight excluding hydrogens is 206 g/mol. The predicted octanol–water partition coefficient (Wildman–Crippen LogP) is 1.71. The van der Waals surface area contributed by atoms with Crippen molar-refractivity contribution in [2.75, 3.05) is 0 Å². The highest BCUT2D eigenvalue weighted by molar-refractivity contribution is 5.85. The number of nitrogens with one attached hydrogen (secondary N) is 1. The summed E-state index contributed by atoms with van der Waals surface area (Å²) < 4.78 is 0. The molecule has 0 aromatic rings. The van der Waals surface area contributed by atoms with Gasteiger partial charge in [0.15, 0.2) is 0 Å². The summed E-state index contributed by atoms with van der Waals surface area (Å²) in [5.74, 6) is -1.12. The van der Waals surface area contributed by atoms with Crippen molar-refractivity contribution >= 4 is 11.9 Å². The normalized spacial score (nSPS) is 21.4. The van der Waals surface area contributed by atoms with Crippen molar-refractivity contribution < 1.29 is 14.7 Å². The molecule has 1 aliphatic rings. The highest BCUT2D eigenvalue weighted by Crippen LogP contribution is 2.18. The first-order valence-corrected chi connectivity index (χ1v) is 5.83. The van der Waals surface area contributed by atoms with Crippen LogP contribution in [0.15, 0.2) is 12.2 Å². The van der Waals surface area contributed by atoms with Crippen LogP contribution >= 0.6 is 0 Å². The number of rotatable bonds is 5. The number of aliphatic carboxylic acids is 1. The molecule has 1 aliphatic carbocycles. The average Bonchev–Trinajstić information content (AvgIpc) is 2.29. The van der Waals surface area contributed by atoms with Crippen molar-refractivity contribution in [1.82, 2.24) is 5.32 Å². The summed E-state index contributed by atoms with van der Waals surface area (Å²) in [6, 6.07) is -0.733. The Morgan fingerprint density at radius 3 is 2.75 bits per heavy atom. The van der Waals surface area contributed by atoms with Crippen LogP contribution in [-0.4, -0.2) is 23.0 Å². The Kier molecular flexibility index (Phi) is 5.02. The summed E-state index contributed by atoms with van der Waals surface area (Å²) in [6.07, 6.45) is 7.74. The minimum absolute atomic E-state index is 0.0521. The molecule has 2 N–H and O–H groups in total. The molecule has 1 unspecified atom stereocenters. The molecule has 0 heterocycles. The lowest BCUT2D eigenvalue weighted by atomic mass is 9.93. The summed E-state index contributed by atoms with van der Waals surface area (Å²) >= 11 is 0. The maximum absolute atomic E-state index is 11.8. The van der Waals surface area contributed by atoms with Gasteiger partial charge >= 0.3 is 5.97 Å². The maximum atomic E-state index is 11.8. The number of carbonyl (C=O) groups is 2. The van der Waals surface area contributed by atoms with Gasteiger partial charge in [0.2, 0.25) is 5.91 Å². The summed E-state index contributed by atoms with van der Waals surface area (Å²) in [5.41, 5.74) is 0. The highest BCUT2D eigenvalue weighted by atomic mass is 16.4. The quantitative estimate of drug-likeness (QED) is 0.700. The molecule has 0 saturated carbocycles. The summed E-state index contributed by atoms with van der Waals surface area (Å²) in [4.78, 5) is 22.7. The van der Waals surface area contributed by atoms with Crippen LogP contribution in [0.2, 0.25) is 0 Å². The van der Waals surface area contributed by atoms with Crippen molar-refractivity contribution in [2.45, 2.75) is 45.1 Å². The van der Waals surface area contributed by atoms with Gasteiger partial charge in [0.25, 0.3) is 0 Å². The van der Waals surface area contributed by atoms with Gasteiger partial charge in [-0.1, -0.05) is 25.5 Å². The van der Waals surface area contributed by atoms with E-state index in [4.69, 9.17) is 5.11 Å². The monoisotopic (exact) mass is 225 g/mol. The molecule has 16 heavy (non-hydrogen) atoms. The number of hydrogen-bond acceptors (Lipinski definition) is 2. The molecule has 0 aromatic carbocycles. The van der Waals surface area contributed by atoms with Gasteiger partial charge in [0, 0.05) is 5.92 Å². The first-order valence-electron chi connectivity index (χ1n) is 5.83. The van der Waals surface area contributed by atoms with E-state index < -0.39 is 12.0 Å². The lowest BCUT2D eigenvalue weighted by Gasteiger charge is -2.20. The second kappa shape index (κ2) is 6.30. The SMILES string of the molecule is CCC[C@@H](NC(=O)C1CC=CCC1)C(=O)O. The molecule has 1 amide bonds. The van der Waals surface area contributed by atoms with Crippen molar-refractivity contribution in [1.29, 1.82) is 0 Å². The molecule has 0 spiro atoms. The van der Waals surface area contributed by atoms with Crippen LogP contribution < -0.4 is 5.32 Å². The predicted molar refractivity (Wildman–Crippen MR) is 61.0 cm³/mol. The lowest BCUT2D eigenvalue weighted by Crippen LogP contribution is -2.43. The Bertz CT molecular complexity index is 286. The third kappa shape index (κ3) is 3.68. The van der Waals surface area contributed by atoms with Gasteiger partial charge in [-0.2, -0.15) is 0 Å². The van der Waals surface area contributed by atoms with E-state index in [9.17, 15) is 9.59 Å². The summed E-state index contributed by atoms with van der Waals surface area (Å²) in [7, 11) is 0. The Labute approximate surface area is 95.7 Å². The fraction of sp³-hybridized carbons (Fsp3) is 0.667. The van der Waals surface area contributed by atoms with Crippen molar-refractivity contribution in [3.05, 3.63) is 12.2 Å². The van der Waals surface area contributed by atoms with Gasteiger partial charge in [0.05, 0.1) is 0 Å². The van der Waals surface area contributed by atoms with Crippen molar-refractivity contribution in [3.8, 4) is 0 Å². The molecule has 90 valence electrons. The smallest absolute Gasteiger partial charge is 0.326 e. The number of hydrogen-bond donors (Lipinski definition) is 2. The van der Waals surface area contributed by atoms with Crippen LogP contribution in [0.1, 0.15) is 39.0 Å². The van der Waals surface area contributed by atoms with Crippen LogP contribution in [0.4, 0.5) is 0 Å². The maximum Gasteiger partial charge on any atom is 0.326 e. The van der Waals surface area contributed by atoms with Crippen LogP contribution in [-0.2, 0) is 9.59 Å². The molecule has 0 aliphatic heterocycles. The highest BCUT2D eigenvalue weighted by Gasteiger charge is 2.24. The molecular formula is C12H19NO3. The first-order chi connectivity index (χ1) is 7.65. The van der Waals surface area contributed by atoms with Gasteiger partial charge in [-0.05, 0) is 25.7 Å². The number of allylic oxidation sites excluding steroid dienone is 2. The zero-order valence-electron chi connectivity index (χ0n) is 9.61. The zero-order chi connectivity index (χ0) is 12.0. The van der Waals surface area contributed by atoms with E-state index in [0.29, 0.717) is 6.42 Å². The molecule has 2 atom stereocenters. The third-order valence-corrected chi connectivity index (χ3v) is 2.83. The largest absolute Gasteiger partial charge is 0.480 e. The molecule has 0 bridgehead atoms. The Morgan fingerprint density at radius 1 is 1.50 bits per heavy atom. The van der Waals surface area contributed by atoms with E-state index >= 15 is 0 Å². The van der Waals surface area contributed by atoms with Crippen LogP contribution in [0, 0.1) is 5.92 Å². The Balaban J connectivity index is 2.47. The molecule has 0 radical (unpaired) electrons. The van der Waals surface area contributed by atoms with Crippen molar-refractivity contribution in [3.63, 3.8) is 0 Å². The summed E-state index contributed by atoms with van der Waals surface area (Å²) in [6.45, 7) is 1.91. The second-order valence-electron chi connectivity index (χ2n) is 4.17. The molecule has 0 aromatic heterocycles. The molecule has 1 rings (SSSR count). The molecule has 0 fully saturated rings. The molecule has 4 nitrogen and oxygen atoms in total. The summed E-state index contributed by atoms with van der Waals surface area (Å²) in [5, 5.41) is 11.5. The van der Waals surface area contributed by atoms with E-state index in [-0.39, 0.29) is 11.8 Å². The molecule has 0 saturated heterocycles.